The molecule has 1 aliphatic heterocycles. The third kappa shape index (κ3) is 4.52. The molecule has 0 aliphatic carbocycles. The number of rotatable bonds is 6. The number of hydrogen-bond acceptors (Lipinski definition) is 3. The quantitative estimate of drug-likeness (QED) is 0.858. The molecule has 1 N–H and O–H groups in total. The maximum Gasteiger partial charge on any atom is 0.0291 e. The molecular weight excluding hydrogens is 258 g/mol. The van der Waals surface area contributed by atoms with Crippen LogP contribution in [0, 0.1) is 0 Å². The van der Waals surface area contributed by atoms with Gasteiger partial charge in [0.1, 0.15) is 0 Å². The summed E-state index contributed by atoms with van der Waals surface area (Å²) < 4.78 is 0. The van der Waals surface area contributed by atoms with E-state index in [2.05, 4.69) is 66.2 Å². The molecule has 1 aromatic carbocycles. The van der Waals surface area contributed by atoms with E-state index in [9.17, 15) is 0 Å². The smallest absolute Gasteiger partial charge is 0.0291 e. The minimum atomic E-state index is 0.687. The zero-order valence-corrected chi connectivity index (χ0v) is 12.7. The van der Waals surface area contributed by atoms with Gasteiger partial charge in [0.15, 0.2) is 0 Å². The molecule has 100 valence electrons. The summed E-state index contributed by atoms with van der Waals surface area (Å²) in [6, 6.07) is 11.5. The summed E-state index contributed by atoms with van der Waals surface area (Å²) in [6.45, 7) is 0. The van der Waals surface area contributed by atoms with Crippen molar-refractivity contribution in [1.82, 2.24) is 5.32 Å². The van der Waals surface area contributed by atoms with Crippen LogP contribution in [-0.4, -0.2) is 35.6 Å². The van der Waals surface area contributed by atoms with Crippen molar-refractivity contribution in [2.75, 3.05) is 24.3 Å². The first kappa shape index (κ1) is 14.3. The molecule has 2 rings (SSSR count). The second kappa shape index (κ2) is 8.13. The number of hydrogen-bond donors (Lipinski definition) is 1. The van der Waals surface area contributed by atoms with Gasteiger partial charge in [-0.05, 0) is 31.9 Å². The van der Waals surface area contributed by atoms with E-state index < -0.39 is 0 Å². The predicted molar refractivity (Wildman–Crippen MR) is 85.8 cm³/mol. The minimum Gasteiger partial charge on any atom is -0.316 e. The van der Waals surface area contributed by atoms with Crippen LogP contribution in [0.15, 0.2) is 30.3 Å². The number of nitrogens with one attached hydrogen (secondary N) is 1. The maximum atomic E-state index is 3.52. The topological polar surface area (TPSA) is 12.0 Å². The molecule has 0 radical (unpaired) electrons. The summed E-state index contributed by atoms with van der Waals surface area (Å²) in [6.07, 6.45) is 3.80. The molecule has 1 nitrogen and oxygen atoms in total. The zero-order valence-electron chi connectivity index (χ0n) is 11.1. The number of aryl methyl sites for hydroxylation is 1. The molecule has 1 fully saturated rings. The summed E-state index contributed by atoms with van der Waals surface area (Å²) >= 11 is 4.27. The van der Waals surface area contributed by atoms with E-state index in [1.54, 1.807) is 0 Å². The predicted octanol–water partition coefficient (Wildman–Crippen LogP) is 3.45. The Morgan fingerprint density at radius 3 is 2.78 bits per heavy atom. The first-order valence-electron chi connectivity index (χ1n) is 6.80. The maximum absolute atomic E-state index is 3.52. The van der Waals surface area contributed by atoms with Gasteiger partial charge in [0, 0.05) is 28.6 Å². The van der Waals surface area contributed by atoms with Crippen LogP contribution in [0.2, 0.25) is 0 Å². The van der Waals surface area contributed by atoms with Crippen LogP contribution in [0.1, 0.15) is 18.4 Å². The standard InChI is InChI=1S/C15H23NS2/c1-16-14(15-12-17-10-11-18-15)9-5-8-13-6-3-2-4-7-13/h2-4,6-7,14-16H,5,8-12H2,1H3. The molecule has 3 heteroatoms. The van der Waals surface area contributed by atoms with Crippen LogP contribution in [0.3, 0.4) is 0 Å². The van der Waals surface area contributed by atoms with Crippen molar-refractivity contribution < 1.29 is 0 Å². The first-order valence-corrected chi connectivity index (χ1v) is 9.01. The third-order valence-electron chi connectivity index (χ3n) is 3.48. The summed E-state index contributed by atoms with van der Waals surface area (Å²) in [7, 11) is 2.12. The van der Waals surface area contributed by atoms with Crippen molar-refractivity contribution in [3.8, 4) is 0 Å². The molecule has 0 aromatic heterocycles. The van der Waals surface area contributed by atoms with Crippen molar-refractivity contribution in [3.63, 3.8) is 0 Å². The van der Waals surface area contributed by atoms with E-state index in [-0.39, 0.29) is 0 Å². The molecule has 0 bridgehead atoms. The van der Waals surface area contributed by atoms with E-state index in [0.29, 0.717) is 6.04 Å². The van der Waals surface area contributed by atoms with Gasteiger partial charge < -0.3 is 5.32 Å². The van der Waals surface area contributed by atoms with E-state index in [0.717, 1.165) is 5.25 Å². The fourth-order valence-corrected chi connectivity index (χ4v) is 5.39. The average molecular weight is 281 g/mol. The summed E-state index contributed by atoms with van der Waals surface area (Å²) in [5.41, 5.74) is 1.47. The normalized spacial score (nSPS) is 21.7. The van der Waals surface area contributed by atoms with Crippen molar-refractivity contribution in [3.05, 3.63) is 35.9 Å². The second-order valence-corrected chi connectivity index (χ2v) is 7.25. The lowest BCUT2D eigenvalue weighted by atomic mass is 10.0. The molecule has 1 aliphatic rings. The number of benzene rings is 1. The van der Waals surface area contributed by atoms with E-state index in [4.69, 9.17) is 0 Å². The van der Waals surface area contributed by atoms with Gasteiger partial charge in [0.05, 0.1) is 0 Å². The molecule has 1 aromatic rings. The van der Waals surface area contributed by atoms with E-state index >= 15 is 0 Å². The van der Waals surface area contributed by atoms with Gasteiger partial charge >= 0.3 is 0 Å². The van der Waals surface area contributed by atoms with Crippen LogP contribution >= 0.6 is 23.5 Å². The number of thioether (sulfide) groups is 2. The largest absolute Gasteiger partial charge is 0.316 e. The van der Waals surface area contributed by atoms with Crippen molar-refractivity contribution >= 4 is 23.5 Å². The van der Waals surface area contributed by atoms with Gasteiger partial charge in [-0.2, -0.15) is 23.5 Å². The monoisotopic (exact) mass is 281 g/mol. The Hall–Kier alpha value is -0.120. The molecule has 2 unspecified atom stereocenters. The molecule has 0 amide bonds. The van der Waals surface area contributed by atoms with Crippen LogP contribution in [0.4, 0.5) is 0 Å². The zero-order chi connectivity index (χ0) is 12.6. The average Bonchev–Trinajstić information content (AvgIpc) is 2.46. The van der Waals surface area contributed by atoms with Gasteiger partial charge in [0.2, 0.25) is 0 Å². The molecule has 1 saturated heterocycles. The fourth-order valence-electron chi connectivity index (χ4n) is 2.43. The molecule has 18 heavy (non-hydrogen) atoms. The fraction of sp³-hybridized carbons (Fsp3) is 0.600. The van der Waals surface area contributed by atoms with Crippen molar-refractivity contribution in [2.24, 2.45) is 0 Å². The van der Waals surface area contributed by atoms with Gasteiger partial charge in [-0.25, -0.2) is 0 Å². The Labute approximate surface area is 120 Å². The van der Waals surface area contributed by atoms with Crippen molar-refractivity contribution in [2.45, 2.75) is 30.6 Å². The Morgan fingerprint density at radius 1 is 1.28 bits per heavy atom. The Balaban J connectivity index is 1.73. The molecule has 1 heterocycles. The van der Waals surface area contributed by atoms with Gasteiger partial charge in [0.25, 0.3) is 0 Å². The first-order chi connectivity index (χ1) is 8.90. The second-order valence-electron chi connectivity index (χ2n) is 4.76. The highest BCUT2D eigenvalue weighted by atomic mass is 32.2. The molecule has 0 spiro atoms. The van der Waals surface area contributed by atoms with Crippen molar-refractivity contribution in [1.29, 1.82) is 0 Å². The SMILES string of the molecule is CNC(CCCc1ccccc1)C1CSCCS1. The van der Waals surface area contributed by atoms with Crippen LogP contribution in [0.5, 0.6) is 0 Å². The van der Waals surface area contributed by atoms with Crippen LogP contribution in [0.25, 0.3) is 0 Å². The Morgan fingerprint density at radius 2 is 2.11 bits per heavy atom. The minimum absolute atomic E-state index is 0.687. The third-order valence-corrected chi connectivity index (χ3v) is 6.40. The Kier molecular flexibility index (Phi) is 6.46. The van der Waals surface area contributed by atoms with E-state index in [1.165, 1.54) is 42.1 Å². The van der Waals surface area contributed by atoms with E-state index in [1.807, 2.05) is 0 Å². The molecule has 0 saturated carbocycles. The van der Waals surface area contributed by atoms with Gasteiger partial charge in [-0.15, -0.1) is 0 Å². The molecule has 2 atom stereocenters. The lowest BCUT2D eigenvalue weighted by Crippen LogP contribution is -2.39. The summed E-state index contributed by atoms with van der Waals surface area (Å²) in [5, 5.41) is 4.33. The summed E-state index contributed by atoms with van der Waals surface area (Å²) in [5.74, 6) is 3.98. The highest BCUT2D eigenvalue weighted by Crippen LogP contribution is 2.28. The van der Waals surface area contributed by atoms with Gasteiger partial charge in [-0.1, -0.05) is 30.3 Å². The molecular formula is C15H23NS2. The van der Waals surface area contributed by atoms with Gasteiger partial charge in [-0.3, -0.25) is 0 Å². The Bertz CT molecular complexity index is 323. The summed E-state index contributed by atoms with van der Waals surface area (Å²) in [4.78, 5) is 0. The lowest BCUT2D eigenvalue weighted by Gasteiger charge is -2.29. The van der Waals surface area contributed by atoms with Crippen LogP contribution < -0.4 is 5.32 Å². The van der Waals surface area contributed by atoms with Crippen LogP contribution in [-0.2, 0) is 6.42 Å². The highest BCUT2D eigenvalue weighted by Gasteiger charge is 2.22. The highest BCUT2D eigenvalue weighted by molar-refractivity contribution is 8.06. The lowest BCUT2D eigenvalue weighted by molar-refractivity contribution is 0.503.